The summed E-state index contributed by atoms with van der Waals surface area (Å²) in [6.45, 7) is 15.1. The number of rotatable bonds is 1. The number of hydrogen-bond donors (Lipinski definition) is 1. The van der Waals surface area contributed by atoms with Crippen LogP contribution in [0.4, 0.5) is 0 Å². The number of phenolic OH excluding ortho intramolecular Hbond substituents is 1. The van der Waals surface area contributed by atoms with Crippen molar-refractivity contribution < 1.29 is 5.11 Å². The number of pyridine rings is 1. The first kappa shape index (κ1) is 18.4. The second-order valence-corrected chi connectivity index (χ2v) is 9.26. The molecule has 0 unspecified atom stereocenters. The molecule has 3 rings (SSSR count). The molecular weight excluding hydrogens is 318 g/mol. The summed E-state index contributed by atoms with van der Waals surface area (Å²) in [5.74, 6) is 0.339. The second kappa shape index (κ2) is 6.12. The SMILES string of the molecule is Cc1cccc2ccc(-c3cc(C(C)(C)C)cc(C(C)(C)C)c3O)nc12. The Morgan fingerprint density at radius 3 is 2.15 bits per heavy atom. The van der Waals surface area contributed by atoms with Crippen LogP contribution in [0.2, 0.25) is 0 Å². The maximum Gasteiger partial charge on any atom is 0.128 e. The van der Waals surface area contributed by atoms with Crippen LogP contribution in [0.3, 0.4) is 0 Å². The van der Waals surface area contributed by atoms with Crippen molar-refractivity contribution in [1.82, 2.24) is 4.98 Å². The zero-order chi connectivity index (χ0) is 19.3. The lowest BCUT2D eigenvalue weighted by molar-refractivity contribution is 0.446. The van der Waals surface area contributed by atoms with Gasteiger partial charge in [0.05, 0.1) is 11.2 Å². The zero-order valence-corrected chi connectivity index (χ0v) is 16.9. The molecule has 1 aromatic heterocycles. The maximum absolute atomic E-state index is 11.1. The standard InChI is InChI=1S/C24H29NO/c1-15-9-8-10-16-11-12-20(25-21(15)16)18-13-17(23(2,3)4)14-19(22(18)26)24(5,6)7/h8-14,26H,1-7H3. The van der Waals surface area contributed by atoms with E-state index in [0.29, 0.717) is 5.75 Å². The summed E-state index contributed by atoms with van der Waals surface area (Å²) >= 11 is 0. The average molecular weight is 348 g/mol. The predicted octanol–water partition coefficient (Wildman–Crippen LogP) is 6.51. The lowest BCUT2D eigenvalue weighted by Crippen LogP contribution is -2.17. The Kier molecular flexibility index (Phi) is 4.34. The summed E-state index contributed by atoms with van der Waals surface area (Å²) in [5.41, 5.74) is 5.79. The van der Waals surface area contributed by atoms with Gasteiger partial charge in [0.2, 0.25) is 0 Å². The molecule has 0 amide bonds. The van der Waals surface area contributed by atoms with Crippen LogP contribution >= 0.6 is 0 Å². The number of nitrogens with zero attached hydrogens (tertiary/aromatic N) is 1. The molecule has 2 nitrogen and oxygen atoms in total. The molecule has 0 aliphatic heterocycles. The van der Waals surface area contributed by atoms with Crippen molar-refractivity contribution >= 4 is 10.9 Å². The molecule has 1 heterocycles. The minimum absolute atomic E-state index is 0.00475. The molecule has 0 saturated carbocycles. The highest BCUT2D eigenvalue weighted by atomic mass is 16.3. The van der Waals surface area contributed by atoms with Crippen LogP contribution in [-0.2, 0) is 10.8 Å². The Hall–Kier alpha value is -2.35. The summed E-state index contributed by atoms with van der Waals surface area (Å²) in [5, 5.41) is 12.2. The number of para-hydroxylation sites is 1. The molecule has 2 aromatic carbocycles. The van der Waals surface area contributed by atoms with E-state index in [9.17, 15) is 5.11 Å². The molecular formula is C24H29NO. The number of aryl methyl sites for hydroxylation is 1. The third-order valence-corrected chi connectivity index (χ3v) is 4.98. The van der Waals surface area contributed by atoms with Crippen LogP contribution in [0, 0.1) is 6.92 Å². The van der Waals surface area contributed by atoms with Crippen molar-refractivity contribution in [2.45, 2.75) is 59.3 Å². The molecule has 0 saturated heterocycles. The molecule has 2 heteroatoms. The van der Waals surface area contributed by atoms with E-state index in [4.69, 9.17) is 4.98 Å². The van der Waals surface area contributed by atoms with Crippen LogP contribution in [0.1, 0.15) is 58.2 Å². The Morgan fingerprint density at radius 1 is 0.846 bits per heavy atom. The van der Waals surface area contributed by atoms with Crippen molar-refractivity contribution in [2.24, 2.45) is 0 Å². The number of phenols is 1. The van der Waals surface area contributed by atoms with Gasteiger partial charge < -0.3 is 5.11 Å². The van der Waals surface area contributed by atoms with Crippen LogP contribution in [0.15, 0.2) is 42.5 Å². The van der Waals surface area contributed by atoms with Gasteiger partial charge in [-0.25, -0.2) is 4.98 Å². The minimum Gasteiger partial charge on any atom is -0.507 e. The fourth-order valence-electron chi connectivity index (χ4n) is 3.28. The zero-order valence-electron chi connectivity index (χ0n) is 16.9. The van der Waals surface area contributed by atoms with Crippen LogP contribution in [0.5, 0.6) is 5.75 Å². The van der Waals surface area contributed by atoms with E-state index in [1.165, 1.54) is 5.56 Å². The van der Waals surface area contributed by atoms with Crippen molar-refractivity contribution in [3.8, 4) is 17.0 Å². The summed E-state index contributed by atoms with van der Waals surface area (Å²) < 4.78 is 0. The van der Waals surface area contributed by atoms with E-state index in [2.05, 4.69) is 84.9 Å². The molecule has 0 aliphatic carbocycles. The fraction of sp³-hybridized carbons (Fsp3) is 0.375. The van der Waals surface area contributed by atoms with Crippen molar-refractivity contribution in [2.75, 3.05) is 0 Å². The number of benzene rings is 2. The number of fused-ring (bicyclic) bond motifs is 1. The molecule has 0 aliphatic rings. The van der Waals surface area contributed by atoms with Gasteiger partial charge in [-0.1, -0.05) is 71.9 Å². The van der Waals surface area contributed by atoms with Crippen molar-refractivity contribution in [3.05, 3.63) is 59.2 Å². The van der Waals surface area contributed by atoms with Crippen LogP contribution in [-0.4, -0.2) is 10.1 Å². The minimum atomic E-state index is -0.146. The topological polar surface area (TPSA) is 33.1 Å². The van der Waals surface area contributed by atoms with Crippen molar-refractivity contribution in [3.63, 3.8) is 0 Å². The maximum atomic E-state index is 11.1. The largest absolute Gasteiger partial charge is 0.507 e. The van der Waals surface area contributed by atoms with Crippen LogP contribution < -0.4 is 0 Å². The average Bonchev–Trinajstić information content (AvgIpc) is 2.53. The lowest BCUT2D eigenvalue weighted by atomic mass is 9.78. The van der Waals surface area contributed by atoms with E-state index in [1.54, 1.807) is 0 Å². The first-order valence-corrected chi connectivity index (χ1v) is 9.23. The monoisotopic (exact) mass is 347 g/mol. The van der Waals surface area contributed by atoms with E-state index < -0.39 is 0 Å². The van der Waals surface area contributed by atoms with Crippen LogP contribution in [0.25, 0.3) is 22.2 Å². The van der Waals surface area contributed by atoms with E-state index in [-0.39, 0.29) is 10.8 Å². The van der Waals surface area contributed by atoms with Crippen molar-refractivity contribution in [1.29, 1.82) is 0 Å². The third kappa shape index (κ3) is 3.33. The highest BCUT2D eigenvalue weighted by Crippen LogP contribution is 2.41. The normalized spacial score (nSPS) is 12.6. The first-order valence-electron chi connectivity index (χ1n) is 9.23. The predicted molar refractivity (Wildman–Crippen MR) is 111 cm³/mol. The number of aromatic hydroxyl groups is 1. The van der Waals surface area contributed by atoms with Gasteiger partial charge in [-0.2, -0.15) is 0 Å². The molecule has 0 spiro atoms. The molecule has 3 aromatic rings. The van der Waals surface area contributed by atoms with Gasteiger partial charge in [0, 0.05) is 16.5 Å². The summed E-state index contributed by atoms with van der Waals surface area (Å²) in [6.07, 6.45) is 0. The van der Waals surface area contributed by atoms with Gasteiger partial charge in [-0.15, -0.1) is 0 Å². The highest BCUT2D eigenvalue weighted by Gasteiger charge is 2.25. The molecule has 26 heavy (non-hydrogen) atoms. The van der Waals surface area contributed by atoms with Gasteiger partial charge in [0.1, 0.15) is 5.75 Å². The van der Waals surface area contributed by atoms with E-state index >= 15 is 0 Å². The number of hydrogen-bond acceptors (Lipinski definition) is 2. The quantitative estimate of drug-likeness (QED) is 0.544. The van der Waals surface area contributed by atoms with Gasteiger partial charge in [-0.05, 0) is 41.0 Å². The fourth-order valence-corrected chi connectivity index (χ4v) is 3.28. The Balaban J connectivity index is 2.32. The smallest absolute Gasteiger partial charge is 0.128 e. The number of aromatic nitrogens is 1. The third-order valence-electron chi connectivity index (χ3n) is 4.98. The first-order chi connectivity index (χ1) is 12.0. The summed E-state index contributed by atoms with van der Waals surface area (Å²) in [4.78, 5) is 4.89. The molecule has 0 radical (unpaired) electrons. The van der Waals surface area contributed by atoms with Gasteiger partial charge in [0.25, 0.3) is 0 Å². The summed E-state index contributed by atoms with van der Waals surface area (Å²) in [7, 11) is 0. The molecule has 0 bridgehead atoms. The molecule has 0 atom stereocenters. The van der Waals surface area contributed by atoms with E-state index in [0.717, 1.165) is 33.3 Å². The van der Waals surface area contributed by atoms with Gasteiger partial charge in [0.15, 0.2) is 0 Å². The second-order valence-electron chi connectivity index (χ2n) is 9.26. The van der Waals surface area contributed by atoms with Gasteiger partial charge >= 0.3 is 0 Å². The Bertz CT molecular complexity index is 972. The Labute approximate surface area is 156 Å². The molecule has 0 fully saturated rings. The highest BCUT2D eigenvalue weighted by molar-refractivity contribution is 5.85. The molecule has 136 valence electrons. The Morgan fingerprint density at radius 2 is 1.54 bits per heavy atom. The van der Waals surface area contributed by atoms with Gasteiger partial charge in [-0.3, -0.25) is 0 Å². The molecule has 1 N–H and O–H groups in total. The lowest BCUT2D eigenvalue weighted by Gasteiger charge is -2.27. The summed E-state index contributed by atoms with van der Waals surface area (Å²) in [6, 6.07) is 14.5. The van der Waals surface area contributed by atoms with E-state index in [1.807, 2.05) is 6.07 Å².